The maximum absolute atomic E-state index is 9.30. The first-order valence-electron chi connectivity index (χ1n) is 6.62. The fourth-order valence-corrected chi connectivity index (χ4v) is 2.35. The highest BCUT2D eigenvalue weighted by Gasteiger charge is 2.19. The molecule has 0 bridgehead atoms. The number of nitrogens with zero attached hydrogens (tertiary/aromatic N) is 1. The lowest BCUT2D eigenvalue weighted by Gasteiger charge is -2.34. The Labute approximate surface area is 108 Å². The third-order valence-corrected chi connectivity index (χ3v) is 3.47. The van der Waals surface area contributed by atoms with Crippen LogP contribution in [0.1, 0.15) is 12.8 Å². The van der Waals surface area contributed by atoms with Gasteiger partial charge in [-0.2, -0.15) is 0 Å². The standard InChI is InChI=1S/C14H22N2O2/c17-11-14(18)10-15-12-6-8-16(9-7-12)13-4-2-1-3-5-13/h1-5,12,14-15,17-18H,6-11H2. The van der Waals surface area contributed by atoms with Crippen molar-refractivity contribution in [3.05, 3.63) is 30.3 Å². The molecular formula is C14H22N2O2. The number of anilines is 1. The van der Waals surface area contributed by atoms with Crippen LogP contribution in [0.5, 0.6) is 0 Å². The van der Waals surface area contributed by atoms with Crippen molar-refractivity contribution in [1.29, 1.82) is 0 Å². The fourth-order valence-electron chi connectivity index (χ4n) is 2.35. The molecule has 1 heterocycles. The Balaban J connectivity index is 1.75. The first-order chi connectivity index (χ1) is 8.79. The molecule has 0 saturated carbocycles. The predicted molar refractivity (Wildman–Crippen MR) is 72.8 cm³/mol. The summed E-state index contributed by atoms with van der Waals surface area (Å²) in [6, 6.07) is 10.9. The van der Waals surface area contributed by atoms with Crippen LogP contribution in [0.15, 0.2) is 30.3 Å². The molecule has 1 aliphatic heterocycles. The molecule has 4 heteroatoms. The molecule has 3 N–H and O–H groups in total. The number of aliphatic hydroxyl groups excluding tert-OH is 2. The van der Waals surface area contributed by atoms with Gasteiger partial charge in [0, 0.05) is 31.4 Å². The van der Waals surface area contributed by atoms with Crippen LogP contribution < -0.4 is 10.2 Å². The van der Waals surface area contributed by atoms with Crippen molar-refractivity contribution >= 4 is 5.69 Å². The molecule has 100 valence electrons. The zero-order chi connectivity index (χ0) is 12.8. The van der Waals surface area contributed by atoms with Gasteiger partial charge in [-0.1, -0.05) is 18.2 Å². The van der Waals surface area contributed by atoms with Gasteiger partial charge in [0.15, 0.2) is 0 Å². The van der Waals surface area contributed by atoms with E-state index in [1.54, 1.807) is 0 Å². The number of piperidine rings is 1. The number of rotatable bonds is 5. The van der Waals surface area contributed by atoms with Crippen LogP contribution in [0.2, 0.25) is 0 Å². The van der Waals surface area contributed by atoms with Gasteiger partial charge in [0.05, 0.1) is 12.7 Å². The summed E-state index contributed by atoms with van der Waals surface area (Å²) in [7, 11) is 0. The van der Waals surface area contributed by atoms with Crippen LogP contribution in [0.25, 0.3) is 0 Å². The molecule has 1 saturated heterocycles. The molecule has 2 rings (SSSR count). The van der Waals surface area contributed by atoms with E-state index in [1.807, 2.05) is 6.07 Å². The number of nitrogens with one attached hydrogen (secondary N) is 1. The Kier molecular flexibility index (Phi) is 4.99. The molecule has 4 nitrogen and oxygen atoms in total. The molecule has 1 fully saturated rings. The van der Waals surface area contributed by atoms with Crippen molar-refractivity contribution in [2.24, 2.45) is 0 Å². The van der Waals surface area contributed by atoms with Crippen LogP contribution in [0.4, 0.5) is 5.69 Å². The highest BCUT2D eigenvalue weighted by Crippen LogP contribution is 2.19. The van der Waals surface area contributed by atoms with Gasteiger partial charge in [-0.25, -0.2) is 0 Å². The number of para-hydroxylation sites is 1. The fraction of sp³-hybridized carbons (Fsp3) is 0.571. The Bertz CT molecular complexity index is 337. The van der Waals surface area contributed by atoms with Gasteiger partial charge >= 0.3 is 0 Å². The summed E-state index contributed by atoms with van der Waals surface area (Å²) in [5, 5.41) is 21.4. The molecule has 18 heavy (non-hydrogen) atoms. The average Bonchev–Trinajstić information content (AvgIpc) is 2.46. The summed E-state index contributed by atoms with van der Waals surface area (Å²) < 4.78 is 0. The van der Waals surface area contributed by atoms with Crippen LogP contribution >= 0.6 is 0 Å². The molecule has 0 spiro atoms. The average molecular weight is 250 g/mol. The summed E-state index contributed by atoms with van der Waals surface area (Å²) in [6.45, 7) is 2.39. The van der Waals surface area contributed by atoms with E-state index in [1.165, 1.54) is 5.69 Å². The van der Waals surface area contributed by atoms with Crippen molar-refractivity contribution in [2.45, 2.75) is 25.0 Å². The molecule has 0 aromatic heterocycles. The zero-order valence-corrected chi connectivity index (χ0v) is 10.6. The van der Waals surface area contributed by atoms with E-state index in [-0.39, 0.29) is 6.61 Å². The van der Waals surface area contributed by atoms with Crippen molar-refractivity contribution in [3.63, 3.8) is 0 Å². The van der Waals surface area contributed by atoms with Crippen molar-refractivity contribution in [2.75, 3.05) is 31.1 Å². The molecule has 1 aromatic carbocycles. The first-order valence-corrected chi connectivity index (χ1v) is 6.62. The topological polar surface area (TPSA) is 55.7 Å². The number of hydrogen-bond acceptors (Lipinski definition) is 4. The Morgan fingerprint density at radius 3 is 2.50 bits per heavy atom. The van der Waals surface area contributed by atoms with Crippen molar-refractivity contribution in [1.82, 2.24) is 5.32 Å². The van der Waals surface area contributed by atoms with Crippen LogP contribution in [0.3, 0.4) is 0 Å². The van der Waals surface area contributed by atoms with E-state index >= 15 is 0 Å². The highest BCUT2D eigenvalue weighted by molar-refractivity contribution is 5.46. The lowest BCUT2D eigenvalue weighted by atomic mass is 10.0. The van der Waals surface area contributed by atoms with Gasteiger partial charge in [0.2, 0.25) is 0 Å². The molecule has 1 atom stereocenters. The Morgan fingerprint density at radius 2 is 1.89 bits per heavy atom. The number of benzene rings is 1. The van der Waals surface area contributed by atoms with Crippen LogP contribution in [-0.4, -0.2) is 48.6 Å². The van der Waals surface area contributed by atoms with Crippen LogP contribution in [0, 0.1) is 0 Å². The summed E-state index contributed by atoms with van der Waals surface area (Å²) in [6.07, 6.45) is 1.51. The second-order valence-corrected chi connectivity index (χ2v) is 4.84. The van der Waals surface area contributed by atoms with Crippen molar-refractivity contribution < 1.29 is 10.2 Å². The quantitative estimate of drug-likeness (QED) is 0.716. The second-order valence-electron chi connectivity index (χ2n) is 4.84. The lowest BCUT2D eigenvalue weighted by molar-refractivity contribution is 0.0909. The highest BCUT2D eigenvalue weighted by atomic mass is 16.3. The Hall–Kier alpha value is -1.10. The molecule has 0 amide bonds. The normalized spacial score (nSPS) is 18.9. The van der Waals surface area contributed by atoms with E-state index < -0.39 is 6.10 Å². The minimum absolute atomic E-state index is 0.171. The van der Waals surface area contributed by atoms with E-state index in [2.05, 4.69) is 34.5 Å². The molecule has 1 aromatic rings. The van der Waals surface area contributed by atoms with E-state index in [0.717, 1.165) is 25.9 Å². The smallest absolute Gasteiger partial charge is 0.0895 e. The van der Waals surface area contributed by atoms with Gasteiger partial charge in [-0.3, -0.25) is 0 Å². The van der Waals surface area contributed by atoms with Gasteiger partial charge in [-0.15, -0.1) is 0 Å². The molecule has 1 aliphatic rings. The number of hydrogen-bond donors (Lipinski definition) is 3. The first kappa shape index (κ1) is 13.3. The summed E-state index contributed by atoms with van der Waals surface area (Å²) in [4.78, 5) is 2.39. The summed E-state index contributed by atoms with van der Waals surface area (Å²) in [5.41, 5.74) is 1.28. The maximum atomic E-state index is 9.30. The lowest BCUT2D eigenvalue weighted by Crippen LogP contribution is -2.45. The van der Waals surface area contributed by atoms with E-state index in [9.17, 15) is 5.11 Å². The molecule has 0 radical (unpaired) electrons. The molecule has 1 unspecified atom stereocenters. The molecule has 0 aliphatic carbocycles. The second kappa shape index (κ2) is 6.73. The maximum Gasteiger partial charge on any atom is 0.0895 e. The largest absolute Gasteiger partial charge is 0.394 e. The monoisotopic (exact) mass is 250 g/mol. The predicted octanol–water partition coefficient (Wildman–Crippen LogP) is 0.598. The SMILES string of the molecule is OCC(O)CNC1CCN(c2ccccc2)CC1. The van der Waals surface area contributed by atoms with E-state index in [4.69, 9.17) is 5.11 Å². The minimum Gasteiger partial charge on any atom is -0.394 e. The van der Waals surface area contributed by atoms with Crippen molar-refractivity contribution in [3.8, 4) is 0 Å². The van der Waals surface area contributed by atoms with Gasteiger partial charge in [0.25, 0.3) is 0 Å². The third kappa shape index (κ3) is 3.70. The third-order valence-electron chi connectivity index (χ3n) is 3.47. The van der Waals surface area contributed by atoms with Crippen LogP contribution in [-0.2, 0) is 0 Å². The van der Waals surface area contributed by atoms with Gasteiger partial charge < -0.3 is 20.4 Å². The molecular weight excluding hydrogens is 228 g/mol. The summed E-state index contributed by atoms with van der Waals surface area (Å²) in [5.74, 6) is 0. The van der Waals surface area contributed by atoms with Gasteiger partial charge in [0.1, 0.15) is 0 Å². The minimum atomic E-state index is -0.642. The van der Waals surface area contributed by atoms with Gasteiger partial charge in [-0.05, 0) is 25.0 Å². The summed E-state index contributed by atoms with van der Waals surface area (Å²) >= 11 is 0. The number of aliphatic hydroxyl groups is 2. The van der Waals surface area contributed by atoms with E-state index in [0.29, 0.717) is 12.6 Å². The Morgan fingerprint density at radius 1 is 1.22 bits per heavy atom. The zero-order valence-electron chi connectivity index (χ0n) is 10.6.